The Labute approximate surface area is 119 Å². The molecule has 0 radical (unpaired) electrons. The van der Waals surface area contributed by atoms with Crippen LogP contribution in [0.15, 0.2) is 24.3 Å². The molecule has 1 heterocycles. The number of rotatable bonds is 3. The zero-order valence-corrected chi connectivity index (χ0v) is 12.8. The summed E-state index contributed by atoms with van der Waals surface area (Å²) >= 11 is 5.24. The Balaban J connectivity index is 2.32. The van der Waals surface area contributed by atoms with Crippen LogP contribution in [-0.4, -0.2) is 9.97 Å². The summed E-state index contributed by atoms with van der Waals surface area (Å²) in [4.78, 5) is 7.81. The van der Waals surface area contributed by atoms with Gasteiger partial charge in [-0.2, -0.15) is 0 Å². The number of hydrogen-bond acceptors (Lipinski definition) is 2. The van der Waals surface area contributed by atoms with E-state index in [2.05, 4.69) is 55.9 Å². The number of nitrogens with zero attached hydrogens (tertiary/aromatic N) is 1. The van der Waals surface area contributed by atoms with Crippen LogP contribution in [0.2, 0.25) is 0 Å². The first-order valence-electron chi connectivity index (χ1n) is 6.62. The van der Waals surface area contributed by atoms with E-state index in [4.69, 9.17) is 12.2 Å². The Morgan fingerprint density at radius 3 is 2.53 bits per heavy atom. The van der Waals surface area contributed by atoms with Gasteiger partial charge in [-0.05, 0) is 42.5 Å². The molecule has 19 heavy (non-hydrogen) atoms. The highest BCUT2D eigenvalue weighted by Crippen LogP contribution is 2.15. The second-order valence-electron chi connectivity index (χ2n) is 5.37. The SMILES string of the molecule is Cc1ccc(Cc2nc(=S)cc(C(C)C)[nH]2)cc1C. The molecular formula is C16H20N2S. The minimum Gasteiger partial charge on any atom is -0.347 e. The molecule has 1 N–H and O–H groups in total. The van der Waals surface area contributed by atoms with E-state index in [1.54, 1.807) is 0 Å². The van der Waals surface area contributed by atoms with Crippen molar-refractivity contribution in [1.29, 1.82) is 0 Å². The van der Waals surface area contributed by atoms with Crippen LogP contribution in [0.25, 0.3) is 0 Å². The predicted octanol–water partition coefficient (Wildman–Crippen LogP) is 4.47. The number of benzene rings is 1. The number of aromatic nitrogens is 2. The molecule has 3 heteroatoms. The van der Waals surface area contributed by atoms with Gasteiger partial charge in [0.15, 0.2) is 0 Å². The predicted molar refractivity (Wildman–Crippen MR) is 82.2 cm³/mol. The molecule has 2 rings (SSSR count). The van der Waals surface area contributed by atoms with E-state index < -0.39 is 0 Å². The summed E-state index contributed by atoms with van der Waals surface area (Å²) in [6.07, 6.45) is 0.797. The number of H-pyrrole nitrogens is 1. The van der Waals surface area contributed by atoms with Gasteiger partial charge in [-0.1, -0.05) is 44.3 Å². The van der Waals surface area contributed by atoms with E-state index in [0.29, 0.717) is 10.6 Å². The Bertz CT molecular complexity index is 641. The minimum atomic E-state index is 0.434. The highest BCUT2D eigenvalue weighted by atomic mass is 32.1. The average molecular weight is 272 g/mol. The fourth-order valence-electron chi connectivity index (χ4n) is 2.03. The Hall–Kier alpha value is -1.48. The summed E-state index contributed by atoms with van der Waals surface area (Å²) < 4.78 is 0.668. The molecule has 2 nitrogen and oxygen atoms in total. The van der Waals surface area contributed by atoms with E-state index >= 15 is 0 Å². The fourth-order valence-corrected chi connectivity index (χ4v) is 2.27. The summed E-state index contributed by atoms with van der Waals surface area (Å²) in [6.45, 7) is 8.57. The lowest BCUT2D eigenvalue weighted by atomic mass is 10.0. The molecule has 0 fully saturated rings. The summed E-state index contributed by atoms with van der Waals surface area (Å²) in [5.74, 6) is 1.38. The molecule has 100 valence electrons. The highest BCUT2D eigenvalue weighted by Gasteiger charge is 2.05. The molecule has 0 amide bonds. The van der Waals surface area contributed by atoms with Gasteiger partial charge in [0.1, 0.15) is 10.5 Å². The van der Waals surface area contributed by atoms with Gasteiger partial charge in [-0.15, -0.1) is 0 Å². The lowest BCUT2D eigenvalue weighted by molar-refractivity contribution is 0.788. The number of hydrogen-bond donors (Lipinski definition) is 1. The molecule has 0 saturated carbocycles. The van der Waals surface area contributed by atoms with Gasteiger partial charge in [0.05, 0.1) is 0 Å². The summed E-state index contributed by atoms with van der Waals surface area (Å²) in [5.41, 5.74) is 5.05. The maximum Gasteiger partial charge on any atom is 0.130 e. The normalized spacial score (nSPS) is 11.0. The van der Waals surface area contributed by atoms with Crippen LogP contribution < -0.4 is 0 Å². The van der Waals surface area contributed by atoms with Crippen molar-refractivity contribution in [1.82, 2.24) is 9.97 Å². The molecule has 1 aromatic carbocycles. The molecule has 0 aliphatic carbocycles. The molecule has 0 atom stereocenters. The quantitative estimate of drug-likeness (QED) is 0.835. The van der Waals surface area contributed by atoms with E-state index in [0.717, 1.165) is 17.9 Å². The van der Waals surface area contributed by atoms with Gasteiger partial charge in [0.25, 0.3) is 0 Å². The molecule has 0 unspecified atom stereocenters. The van der Waals surface area contributed by atoms with Crippen molar-refractivity contribution in [2.24, 2.45) is 0 Å². The van der Waals surface area contributed by atoms with Gasteiger partial charge in [-0.25, -0.2) is 4.98 Å². The second kappa shape index (κ2) is 5.66. The summed E-state index contributed by atoms with van der Waals surface area (Å²) in [5, 5.41) is 0. The van der Waals surface area contributed by atoms with Crippen molar-refractivity contribution in [2.45, 2.75) is 40.0 Å². The first-order chi connectivity index (χ1) is 8.95. The van der Waals surface area contributed by atoms with Crippen molar-refractivity contribution >= 4 is 12.2 Å². The van der Waals surface area contributed by atoms with Gasteiger partial charge >= 0.3 is 0 Å². The lowest BCUT2D eigenvalue weighted by Gasteiger charge is -2.09. The first kappa shape index (κ1) is 13.9. The second-order valence-corrected chi connectivity index (χ2v) is 5.79. The standard InChI is InChI=1S/C16H20N2S/c1-10(2)14-9-16(19)18-15(17-14)8-13-6-5-11(3)12(4)7-13/h5-7,9-10H,8H2,1-4H3,(H,17,18,19). The number of aryl methyl sites for hydroxylation is 2. The smallest absolute Gasteiger partial charge is 0.130 e. The topological polar surface area (TPSA) is 28.7 Å². The monoisotopic (exact) mass is 272 g/mol. The van der Waals surface area contributed by atoms with E-state index in [-0.39, 0.29) is 0 Å². The van der Waals surface area contributed by atoms with Gasteiger partial charge in [0, 0.05) is 12.1 Å². The van der Waals surface area contributed by atoms with Crippen LogP contribution in [0.1, 0.15) is 48.0 Å². The largest absolute Gasteiger partial charge is 0.347 e. The van der Waals surface area contributed by atoms with E-state index in [1.807, 2.05) is 6.07 Å². The molecule has 0 bridgehead atoms. The molecule has 2 aromatic rings. The van der Waals surface area contributed by atoms with Crippen molar-refractivity contribution in [3.8, 4) is 0 Å². The van der Waals surface area contributed by atoms with Crippen LogP contribution in [0.4, 0.5) is 0 Å². The zero-order valence-electron chi connectivity index (χ0n) is 11.9. The van der Waals surface area contributed by atoms with Crippen molar-refractivity contribution in [3.05, 3.63) is 57.1 Å². The third-order valence-electron chi connectivity index (χ3n) is 3.38. The molecule has 0 spiro atoms. The number of nitrogens with one attached hydrogen (secondary N) is 1. The van der Waals surface area contributed by atoms with Crippen LogP contribution >= 0.6 is 12.2 Å². The lowest BCUT2D eigenvalue weighted by Crippen LogP contribution is -2.02. The van der Waals surface area contributed by atoms with Crippen molar-refractivity contribution in [3.63, 3.8) is 0 Å². The first-order valence-corrected chi connectivity index (χ1v) is 7.03. The number of aromatic amines is 1. The highest BCUT2D eigenvalue weighted by molar-refractivity contribution is 7.71. The van der Waals surface area contributed by atoms with Crippen molar-refractivity contribution < 1.29 is 0 Å². The van der Waals surface area contributed by atoms with Crippen LogP contribution in [0.5, 0.6) is 0 Å². The molecular weight excluding hydrogens is 252 g/mol. The van der Waals surface area contributed by atoms with Gasteiger partial charge in [-0.3, -0.25) is 0 Å². The van der Waals surface area contributed by atoms with Crippen molar-refractivity contribution in [2.75, 3.05) is 0 Å². The maximum absolute atomic E-state index is 5.24. The minimum absolute atomic E-state index is 0.434. The Kier molecular flexibility index (Phi) is 4.15. The average Bonchev–Trinajstić information content (AvgIpc) is 2.33. The summed E-state index contributed by atoms with van der Waals surface area (Å²) in [7, 11) is 0. The molecule has 0 saturated heterocycles. The third-order valence-corrected chi connectivity index (χ3v) is 3.59. The Morgan fingerprint density at radius 1 is 1.16 bits per heavy atom. The Morgan fingerprint density at radius 2 is 1.89 bits per heavy atom. The van der Waals surface area contributed by atoms with Crippen LogP contribution in [0.3, 0.4) is 0 Å². The van der Waals surface area contributed by atoms with Gasteiger partial charge < -0.3 is 4.98 Å². The third kappa shape index (κ3) is 3.51. The molecule has 0 aliphatic rings. The summed E-state index contributed by atoms with van der Waals surface area (Å²) in [6, 6.07) is 8.48. The van der Waals surface area contributed by atoms with Crippen LogP contribution in [-0.2, 0) is 6.42 Å². The molecule has 0 aliphatic heterocycles. The molecule has 1 aromatic heterocycles. The van der Waals surface area contributed by atoms with E-state index in [1.165, 1.54) is 16.7 Å². The van der Waals surface area contributed by atoms with E-state index in [9.17, 15) is 0 Å². The van der Waals surface area contributed by atoms with Crippen LogP contribution in [0, 0.1) is 18.5 Å². The van der Waals surface area contributed by atoms with Gasteiger partial charge in [0.2, 0.25) is 0 Å². The zero-order chi connectivity index (χ0) is 14.0. The fraction of sp³-hybridized carbons (Fsp3) is 0.375. The maximum atomic E-state index is 5.24.